The Kier molecular flexibility index (Phi) is 4.91. The Morgan fingerprint density at radius 2 is 1.75 bits per heavy atom. The van der Waals surface area contributed by atoms with E-state index in [1.165, 1.54) is 0 Å². The highest BCUT2D eigenvalue weighted by atomic mass is 16.5. The molecule has 1 aromatic carbocycles. The van der Waals surface area contributed by atoms with Gasteiger partial charge in [0.25, 0.3) is 5.91 Å². The van der Waals surface area contributed by atoms with Crippen molar-refractivity contribution in [1.82, 2.24) is 4.90 Å². The van der Waals surface area contributed by atoms with Crippen LogP contribution >= 0.6 is 0 Å². The van der Waals surface area contributed by atoms with Gasteiger partial charge in [0.05, 0.1) is 11.8 Å². The SMILES string of the molecule is CCc1ccccc1NC(=O)COC(=O)CN1C(=O)[C@@H]2[C@H]3CC[C@@H](C3)[C@H]2C1=O. The number of carbonyl (C=O) groups excluding carboxylic acids is 4. The highest BCUT2D eigenvalue weighted by Crippen LogP contribution is 2.56. The summed E-state index contributed by atoms with van der Waals surface area (Å²) in [7, 11) is 0. The zero-order valence-electron chi connectivity index (χ0n) is 15.8. The van der Waals surface area contributed by atoms with E-state index in [4.69, 9.17) is 4.74 Å². The van der Waals surface area contributed by atoms with Gasteiger partial charge in [-0.1, -0.05) is 25.1 Å². The maximum Gasteiger partial charge on any atom is 0.326 e. The number of likely N-dealkylation sites (tertiary alicyclic amines) is 1. The highest BCUT2D eigenvalue weighted by molar-refractivity contribution is 6.08. The Morgan fingerprint density at radius 1 is 1.11 bits per heavy atom. The van der Waals surface area contributed by atoms with Crippen LogP contribution in [0, 0.1) is 23.7 Å². The van der Waals surface area contributed by atoms with Crippen molar-refractivity contribution in [1.29, 1.82) is 0 Å². The number of nitrogens with one attached hydrogen (secondary N) is 1. The van der Waals surface area contributed by atoms with Crippen LogP contribution in [0.2, 0.25) is 0 Å². The minimum absolute atomic E-state index is 0.250. The van der Waals surface area contributed by atoms with Gasteiger partial charge in [-0.2, -0.15) is 0 Å². The van der Waals surface area contributed by atoms with Crippen molar-refractivity contribution in [3.05, 3.63) is 29.8 Å². The van der Waals surface area contributed by atoms with Crippen molar-refractivity contribution in [3.8, 4) is 0 Å². The average molecular weight is 384 g/mol. The molecule has 3 aliphatic rings. The first-order chi connectivity index (χ1) is 13.5. The van der Waals surface area contributed by atoms with E-state index in [1.54, 1.807) is 6.07 Å². The molecule has 1 saturated heterocycles. The fourth-order valence-corrected chi connectivity index (χ4v) is 5.08. The summed E-state index contributed by atoms with van der Waals surface area (Å²) < 4.78 is 5.00. The minimum atomic E-state index is -0.743. The van der Waals surface area contributed by atoms with Crippen molar-refractivity contribution in [3.63, 3.8) is 0 Å². The number of ether oxygens (including phenoxy) is 1. The van der Waals surface area contributed by atoms with Crippen LogP contribution < -0.4 is 5.32 Å². The summed E-state index contributed by atoms with van der Waals surface area (Å²) >= 11 is 0. The fraction of sp³-hybridized carbons (Fsp3) is 0.524. The number of anilines is 1. The van der Waals surface area contributed by atoms with Crippen LogP contribution in [-0.4, -0.2) is 41.7 Å². The Morgan fingerprint density at radius 3 is 2.39 bits per heavy atom. The van der Waals surface area contributed by atoms with Gasteiger partial charge in [0.15, 0.2) is 6.61 Å². The number of hydrogen-bond donors (Lipinski definition) is 1. The summed E-state index contributed by atoms with van der Waals surface area (Å²) in [6, 6.07) is 7.40. The number of hydrogen-bond acceptors (Lipinski definition) is 5. The van der Waals surface area contributed by atoms with Gasteiger partial charge in [0, 0.05) is 5.69 Å². The molecule has 7 heteroatoms. The maximum atomic E-state index is 12.6. The smallest absolute Gasteiger partial charge is 0.326 e. The van der Waals surface area contributed by atoms with Crippen LogP contribution in [-0.2, 0) is 30.3 Å². The third kappa shape index (κ3) is 3.19. The van der Waals surface area contributed by atoms with Gasteiger partial charge in [-0.3, -0.25) is 24.1 Å². The van der Waals surface area contributed by atoms with E-state index in [2.05, 4.69) is 5.32 Å². The third-order valence-electron chi connectivity index (χ3n) is 6.34. The van der Waals surface area contributed by atoms with Crippen LogP contribution in [0.3, 0.4) is 0 Å². The Labute approximate surface area is 163 Å². The van der Waals surface area contributed by atoms with Crippen LogP contribution in [0.25, 0.3) is 0 Å². The summed E-state index contributed by atoms with van der Waals surface area (Å²) in [5, 5.41) is 2.72. The summed E-state index contributed by atoms with van der Waals surface area (Å²) in [6.45, 7) is 1.12. The Balaban J connectivity index is 1.30. The van der Waals surface area contributed by atoms with Crippen molar-refractivity contribution >= 4 is 29.4 Å². The first-order valence-corrected chi connectivity index (χ1v) is 9.88. The van der Waals surface area contributed by atoms with Gasteiger partial charge in [-0.15, -0.1) is 0 Å². The number of carbonyl (C=O) groups is 4. The van der Waals surface area contributed by atoms with E-state index in [0.717, 1.165) is 36.1 Å². The molecule has 1 heterocycles. The molecule has 28 heavy (non-hydrogen) atoms. The summed E-state index contributed by atoms with van der Waals surface area (Å²) in [4.78, 5) is 50.4. The summed E-state index contributed by atoms with van der Waals surface area (Å²) in [5.41, 5.74) is 1.66. The number of para-hydroxylation sites is 1. The summed E-state index contributed by atoms with van der Waals surface area (Å²) in [6.07, 6.45) is 3.69. The van der Waals surface area contributed by atoms with Crippen LogP contribution in [0.1, 0.15) is 31.7 Å². The second-order valence-corrected chi connectivity index (χ2v) is 7.87. The lowest BCUT2D eigenvalue weighted by molar-refractivity contribution is -0.154. The second kappa shape index (κ2) is 7.37. The molecule has 0 spiro atoms. The van der Waals surface area contributed by atoms with E-state index in [1.807, 2.05) is 25.1 Å². The van der Waals surface area contributed by atoms with Crippen LogP contribution in [0.4, 0.5) is 5.69 Å². The Bertz CT molecular complexity index is 808. The van der Waals surface area contributed by atoms with Crippen LogP contribution in [0.5, 0.6) is 0 Å². The number of amides is 3. The van der Waals surface area contributed by atoms with Crippen molar-refractivity contribution in [2.24, 2.45) is 23.7 Å². The van der Waals surface area contributed by atoms with E-state index >= 15 is 0 Å². The van der Waals surface area contributed by atoms with Gasteiger partial charge in [0.1, 0.15) is 6.54 Å². The molecule has 4 rings (SSSR count). The fourth-order valence-electron chi connectivity index (χ4n) is 5.08. The zero-order valence-corrected chi connectivity index (χ0v) is 15.8. The average Bonchev–Trinajstić information content (AvgIpc) is 3.37. The molecule has 7 nitrogen and oxygen atoms in total. The molecule has 2 bridgehead atoms. The lowest BCUT2D eigenvalue weighted by atomic mass is 9.81. The predicted octanol–water partition coefficient (Wildman–Crippen LogP) is 1.76. The van der Waals surface area contributed by atoms with Gasteiger partial charge < -0.3 is 10.1 Å². The van der Waals surface area contributed by atoms with Crippen molar-refractivity contribution < 1.29 is 23.9 Å². The number of imide groups is 1. The highest BCUT2D eigenvalue weighted by Gasteiger charge is 2.61. The molecule has 3 amide bonds. The maximum absolute atomic E-state index is 12.6. The van der Waals surface area contributed by atoms with Gasteiger partial charge >= 0.3 is 5.97 Å². The molecule has 0 radical (unpaired) electrons. The third-order valence-corrected chi connectivity index (χ3v) is 6.34. The molecule has 148 valence electrons. The van der Waals surface area contributed by atoms with E-state index < -0.39 is 25.0 Å². The monoisotopic (exact) mass is 384 g/mol. The molecule has 2 saturated carbocycles. The molecule has 1 aromatic rings. The normalized spacial score (nSPS) is 27.8. The standard InChI is InChI=1S/C21H24N2O5/c1-2-12-5-3-4-6-15(12)22-16(24)11-28-17(25)10-23-20(26)18-13-7-8-14(9-13)19(18)21(23)27/h3-6,13-14,18-19H,2,7-11H2,1H3,(H,22,24)/t13-,14-,18+,19+/m0/s1. The number of aryl methyl sites for hydroxylation is 1. The molecule has 2 aliphatic carbocycles. The molecule has 0 unspecified atom stereocenters. The molecule has 0 aromatic heterocycles. The second-order valence-electron chi connectivity index (χ2n) is 7.87. The lowest BCUT2D eigenvalue weighted by Gasteiger charge is -2.19. The first kappa shape index (κ1) is 18.7. The molecule has 1 N–H and O–H groups in total. The largest absolute Gasteiger partial charge is 0.454 e. The van der Waals surface area contributed by atoms with Gasteiger partial charge in [-0.25, -0.2) is 0 Å². The van der Waals surface area contributed by atoms with Gasteiger partial charge in [-0.05, 0) is 49.1 Å². The summed E-state index contributed by atoms with van der Waals surface area (Å²) in [5.74, 6) is -1.66. The molecule has 3 fully saturated rings. The van der Waals surface area contributed by atoms with Gasteiger partial charge in [0.2, 0.25) is 11.8 Å². The number of benzene rings is 1. The Hall–Kier alpha value is -2.70. The molecular weight excluding hydrogens is 360 g/mol. The van der Waals surface area contributed by atoms with E-state index in [-0.39, 0.29) is 35.5 Å². The van der Waals surface area contributed by atoms with Crippen molar-refractivity contribution in [2.75, 3.05) is 18.5 Å². The number of esters is 1. The van der Waals surface area contributed by atoms with E-state index in [9.17, 15) is 19.2 Å². The van der Waals surface area contributed by atoms with Crippen LogP contribution in [0.15, 0.2) is 24.3 Å². The topological polar surface area (TPSA) is 92.8 Å². The quantitative estimate of drug-likeness (QED) is 0.596. The van der Waals surface area contributed by atoms with E-state index in [0.29, 0.717) is 5.69 Å². The first-order valence-electron chi connectivity index (χ1n) is 9.88. The predicted molar refractivity (Wildman–Crippen MR) is 99.9 cm³/mol. The molecule has 1 aliphatic heterocycles. The minimum Gasteiger partial charge on any atom is -0.454 e. The molecule has 4 atom stereocenters. The molecular formula is C21H24N2O5. The lowest BCUT2D eigenvalue weighted by Crippen LogP contribution is -2.38. The zero-order chi connectivity index (χ0) is 19.8. The number of fused-ring (bicyclic) bond motifs is 5. The number of nitrogens with zero attached hydrogens (tertiary/aromatic N) is 1. The number of rotatable bonds is 6. The van der Waals surface area contributed by atoms with Crippen molar-refractivity contribution in [2.45, 2.75) is 32.6 Å².